The van der Waals surface area contributed by atoms with Gasteiger partial charge in [0.2, 0.25) is 0 Å². The highest BCUT2D eigenvalue weighted by Gasteiger charge is 2.25. The normalized spacial score (nSPS) is 12.1. The molecule has 0 aromatic carbocycles. The van der Waals surface area contributed by atoms with Crippen LogP contribution < -0.4 is 0 Å². The predicted octanol–water partition coefficient (Wildman–Crippen LogP) is 1.60. The first-order valence-corrected chi connectivity index (χ1v) is 4.39. The van der Waals surface area contributed by atoms with Crippen LogP contribution in [0.15, 0.2) is 12.2 Å². The van der Waals surface area contributed by atoms with Crippen LogP contribution in [0.25, 0.3) is 0 Å². The molecule has 0 aromatic heterocycles. The first kappa shape index (κ1) is 12.7. The monoisotopic (exact) mass is 200 g/mol. The summed E-state index contributed by atoms with van der Waals surface area (Å²) in [6.07, 6.45) is 1.67. The molecule has 0 saturated heterocycles. The number of aliphatic carboxylic acids is 1. The lowest BCUT2D eigenvalue weighted by Gasteiger charge is -2.28. The summed E-state index contributed by atoms with van der Waals surface area (Å²) < 4.78 is 5.06. The molecule has 4 heteroatoms. The van der Waals surface area contributed by atoms with E-state index in [-0.39, 0.29) is 5.92 Å². The van der Waals surface area contributed by atoms with Crippen LogP contribution in [0.3, 0.4) is 0 Å². The summed E-state index contributed by atoms with van der Waals surface area (Å²) in [4.78, 5) is 21.2. The Labute approximate surface area is 83.6 Å². The topological polar surface area (TPSA) is 63.6 Å². The second kappa shape index (κ2) is 4.79. The molecule has 0 spiro atoms. The van der Waals surface area contributed by atoms with Gasteiger partial charge in [-0.15, -0.1) is 0 Å². The molecular weight excluding hydrogens is 184 g/mol. The van der Waals surface area contributed by atoms with Crippen molar-refractivity contribution in [3.8, 4) is 0 Å². The SMILES string of the molecule is CC(C)C(C)(C)OC(=O)C=CC(=O)O. The molecule has 0 unspecified atom stereocenters. The van der Waals surface area contributed by atoms with Crippen LogP contribution >= 0.6 is 0 Å². The fourth-order valence-corrected chi connectivity index (χ4v) is 0.550. The number of ether oxygens (including phenoxy) is 1. The van der Waals surface area contributed by atoms with Gasteiger partial charge in [0.05, 0.1) is 0 Å². The maximum atomic E-state index is 11.1. The minimum atomic E-state index is -1.16. The molecule has 0 aliphatic carbocycles. The molecule has 0 aliphatic heterocycles. The number of carboxylic acid groups (broad SMARTS) is 1. The van der Waals surface area contributed by atoms with E-state index < -0.39 is 17.5 Å². The van der Waals surface area contributed by atoms with Gasteiger partial charge in [0.25, 0.3) is 0 Å². The van der Waals surface area contributed by atoms with Gasteiger partial charge < -0.3 is 9.84 Å². The van der Waals surface area contributed by atoms with Crippen molar-refractivity contribution < 1.29 is 19.4 Å². The molecule has 0 bridgehead atoms. The average molecular weight is 200 g/mol. The average Bonchev–Trinajstić information content (AvgIpc) is 1.99. The van der Waals surface area contributed by atoms with Gasteiger partial charge >= 0.3 is 11.9 Å². The molecule has 0 fully saturated rings. The van der Waals surface area contributed by atoms with Crippen molar-refractivity contribution in [2.24, 2.45) is 5.92 Å². The summed E-state index contributed by atoms with van der Waals surface area (Å²) in [5.41, 5.74) is -0.583. The van der Waals surface area contributed by atoms with Crippen LogP contribution in [0.1, 0.15) is 27.7 Å². The van der Waals surface area contributed by atoms with E-state index in [1.54, 1.807) is 13.8 Å². The summed E-state index contributed by atoms with van der Waals surface area (Å²) >= 11 is 0. The number of carbonyl (C=O) groups is 2. The first-order valence-electron chi connectivity index (χ1n) is 4.39. The van der Waals surface area contributed by atoms with Crippen molar-refractivity contribution in [3.05, 3.63) is 12.2 Å². The van der Waals surface area contributed by atoms with Crippen molar-refractivity contribution >= 4 is 11.9 Å². The highest BCUT2D eigenvalue weighted by molar-refractivity contribution is 5.90. The van der Waals surface area contributed by atoms with Crippen LogP contribution in [-0.4, -0.2) is 22.6 Å². The maximum absolute atomic E-state index is 11.1. The zero-order valence-electron chi connectivity index (χ0n) is 8.90. The lowest BCUT2D eigenvalue weighted by molar-refractivity contribution is -0.154. The minimum Gasteiger partial charge on any atom is -0.478 e. The van der Waals surface area contributed by atoms with Gasteiger partial charge in [0.15, 0.2) is 0 Å². The smallest absolute Gasteiger partial charge is 0.331 e. The quantitative estimate of drug-likeness (QED) is 0.553. The van der Waals surface area contributed by atoms with Crippen molar-refractivity contribution in [2.75, 3.05) is 0 Å². The van der Waals surface area contributed by atoms with E-state index in [0.29, 0.717) is 0 Å². The third-order valence-corrected chi connectivity index (χ3v) is 2.12. The van der Waals surface area contributed by atoms with Crippen molar-refractivity contribution in [1.82, 2.24) is 0 Å². The Morgan fingerprint density at radius 3 is 2.14 bits per heavy atom. The largest absolute Gasteiger partial charge is 0.478 e. The molecule has 80 valence electrons. The predicted molar refractivity (Wildman–Crippen MR) is 51.8 cm³/mol. The van der Waals surface area contributed by atoms with Gasteiger partial charge in [-0.1, -0.05) is 13.8 Å². The van der Waals surface area contributed by atoms with Crippen molar-refractivity contribution in [1.29, 1.82) is 0 Å². The maximum Gasteiger partial charge on any atom is 0.331 e. The standard InChI is InChI=1S/C10H16O4/c1-7(2)10(3,4)14-9(13)6-5-8(11)12/h5-7H,1-4H3,(H,11,12). The van der Waals surface area contributed by atoms with E-state index in [0.717, 1.165) is 12.2 Å². The lowest BCUT2D eigenvalue weighted by atomic mass is 9.95. The van der Waals surface area contributed by atoms with Gasteiger partial charge in [0.1, 0.15) is 5.60 Å². The molecule has 0 heterocycles. The van der Waals surface area contributed by atoms with Crippen LogP contribution in [0.4, 0.5) is 0 Å². The van der Waals surface area contributed by atoms with Crippen molar-refractivity contribution in [3.63, 3.8) is 0 Å². The summed E-state index contributed by atoms with van der Waals surface area (Å²) in [5.74, 6) is -1.62. The third kappa shape index (κ3) is 4.64. The Kier molecular flexibility index (Phi) is 4.34. The van der Waals surface area contributed by atoms with Crippen LogP contribution in [0.5, 0.6) is 0 Å². The summed E-state index contributed by atoms with van der Waals surface area (Å²) in [7, 11) is 0. The van der Waals surface area contributed by atoms with Crippen LogP contribution in [0.2, 0.25) is 0 Å². The van der Waals surface area contributed by atoms with Crippen molar-refractivity contribution in [2.45, 2.75) is 33.3 Å². The number of carbonyl (C=O) groups excluding carboxylic acids is 1. The Morgan fingerprint density at radius 1 is 1.29 bits per heavy atom. The second-order valence-electron chi connectivity index (χ2n) is 3.85. The first-order chi connectivity index (χ1) is 6.25. The Balaban J connectivity index is 4.26. The van der Waals surface area contributed by atoms with Crippen LogP contribution in [-0.2, 0) is 14.3 Å². The summed E-state index contributed by atoms with van der Waals surface area (Å²) in [5, 5.41) is 8.28. The molecule has 4 nitrogen and oxygen atoms in total. The Bertz CT molecular complexity index is 251. The zero-order chi connectivity index (χ0) is 11.4. The van der Waals surface area contributed by atoms with E-state index in [4.69, 9.17) is 9.84 Å². The number of esters is 1. The van der Waals surface area contributed by atoms with Gasteiger partial charge in [-0.2, -0.15) is 0 Å². The number of carboxylic acids is 1. The third-order valence-electron chi connectivity index (χ3n) is 2.12. The molecule has 0 aliphatic rings. The fourth-order valence-electron chi connectivity index (χ4n) is 0.550. The van der Waals surface area contributed by atoms with Gasteiger partial charge in [-0.3, -0.25) is 0 Å². The lowest BCUT2D eigenvalue weighted by Crippen LogP contribution is -2.33. The van der Waals surface area contributed by atoms with Gasteiger partial charge in [-0.05, 0) is 19.8 Å². The summed E-state index contributed by atoms with van der Waals surface area (Å²) in [6, 6.07) is 0. The molecule has 1 N–H and O–H groups in total. The Hall–Kier alpha value is -1.32. The van der Waals surface area contributed by atoms with E-state index in [9.17, 15) is 9.59 Å². The molecule has 0 atom stereocenters. The van der Waals surface area contributed by atoms with Gasteiger partial charge in [0, 0.05) is 12.2 Å². The molecule has 0 rings (SSSR count). The summed E-state index contributed by atoms with van der Waals surface area (Å²) in [6.45, 7) is 7.41. The molecule has 0 aromatic rings. The molecule has 0 saturated carbocycles. The fraction of sp³-hybridized carbons (Fsp3) is 0.600. The Morgan fingerprint density at radius 2 is 1.79 bits per heavy atom. The van der Waals surface area contributed by atoms with Gasteiger partial charge in [-0.25, -0.2) is 9.59 Å². The molecule has 0 radical (unpaired) electrons. The minimum absolute atomic E-state index is 0.171. The van der Waals surface area contributed by atoms with E-state index in [1.165, 1.54) is 0 Å². The molecule has 0 amide bonds. The van der Waals surface area contributed by atoms with Crippen LogP contribution in [0, 0.1) is 5.92 Å². The van der Waals surface area contributed by atoms with E-state index in [2.05, 4.69) is 0 Å². The zero-order valence-corrected chi connectivity index (χ0v) is 8.90. The molecular formula is C10H16O4. The number of rotatable bonds is 4. The van der Waals surface area contributed by atoms with E-state index in [1.807, 2.05) is 13.8 Å². The second-order valence-corrected chi connectivity index (χ2v) is 3.85. The highest BCUT2D eigenvalue weighted by Crippen LogP contribution is 2.20. The number of hydrogen-bond donors (Lipinski definition) is 1. The van der Waals surface area contributed by atoms with E-state index >= 15 is 0 Å². The highest BCUT2D eigenvalue weighted by atomic mass is 16.6. The molecule has 14 heavy (non-hydrogen) atoms. The number of hydrogen-bond acceptors (Lipinski definition) is 3.